The van der Waals surface area contributed by atoms with Gasteiger partial charge in [-0.05, 0) is 25.2 Å². The summed E-state index contributed by atoms with van der Waals surface area (Å²) < 4.78 is 5.05. The van der Waals surface area contributed by atoms with Crippen molar-refractivity contribution in [1.82, 2.24) is 9.97 Å². The Morgan fingerprint density at radius 1 is 1.32 bits per heavy atom. The summed E-state index contributed by atoms with van der Waals surface area (Å²) in [6.07, 6.45) is 6.29. The fourth-order valence-corrected chi connectivity index (χ4v) is 2.77. The quantitative estimate of drug-likeness (QED) is 0.677. The van der Waals surface area contributed by atoms with E-state index in [1.807, 2.05) is 0 Å². The summed E-state index contributed by atoms with van der Waals surface area (Å²) in [5.41, 5.74) is 0. The monoisotopic (exact) mass is 283 g/mol. The Balaban J connectivity index is 2.01. The van der Waals surface area contributed by atoms with Gasteiger partial charge in [0.2, 0.25) is 0 Å². The summed E-state index contributed by atoms with van der Waals surface area (Å²) in [5.74, 6) is 2.27. The average Bonchev–Trinajstić information content (AvgIpc) is 2.54. The van der Waals surface area contributed by atoms with Crippen molar-refractivity contribution in [2.45, 2.75) is 51.7 Å². The number of methoxy groups -OCH3 is 1. The molecule has 2 atom stereocenters. The molecule has 1 aliphatic rings. The number of hydrogen-bond donors (Lipinski definition) is 1. The number of rotatable bonds is 4. The van der Waals surface area contributed by atoms with Gasteiger partial charge in [0.05, 0.1) is 0 Å². The summed E-state index contributed by atoms with van der Waals surface area (Å²) in [6, 6.07) is 2.28. The predicted octanol–water partition coefficient (Wildman–Crippen LogP) is 3.66. The number of nitrogens with one attached hydrogen (secondary N) is 1. The standard InChI is InChI=1S/C14H22ClN3O/c1-10-4-3-5-11(7-6-10)16-13-8-12(15)17-14(18-13)9-19-2/h8,10-11H,3-7,9H2,1-2H3,(H,16,17,18). The van der Waals surface area contributed by atoms with E-state index in [4.69, 9.17) is 16.3 Å². The predicted molar refractivity (Wildman–Crippen MR) is 77.4 cm³/mol. The maximum Gasteiger partial charge on any atom is 0.158 e. The third kappa shape index (κ3) is 4.62. The van der Waals surface area contributed by atoms with Gasteiger partial charge in [-0.3, -0.25) is 0 Å². The van der Waals surface area contributed by atoms with Crippen LogP contribution in [0.15, 0.2) is 6.07 Å². The molecule has 0 aliphatic heterocycles. The van der Waals surface area contributed by atoms with Crippen LogP contribution in [0.3, 0.4) is 0 Å². The van der Waals surface area contributed by atoms with Gasteiger partial charge in [0.1, 0.15) is 17.6 Å². The topological polar surface area (TPSA) is 47.0 Å². The molecule has 1 fully saturated rings. The van der Waals surface area contributed by atoms with E-state index >= 15 is 0 Å². The van der Waals surface area contributed by atoms with Gasteiger partial charge in [-0.1, -0.05) is 31.4 Å². The Bertz CT molecular complexity index is 414. The summed E-state index contributed by atoms with van der Waals surface area (Å²) in [7, 11) is 1.63. The Kier molecular flexibility index (Phi) is 5.40. The molecule has 0 saturated heterocycles. The van der Waals surface area contributed by atoms with Gasteiger partial charge in [-0.15, -0.1) is 0 Å². The Hall–Kier alpha value is -0.870. The Morgan fingerprint density at radius 2 is 2.16 bits per heavy atom. The van der Waals surface area contributed by atoms with Crippen LogP contribution in [0.4, 0.5) is 5.82 Å². The van der Waals surface area contributed by atoms with E-state index in [9.17, 15) is 0 Å². The molecule has 0 amide bonds. The molecule has 1 saturated carbocycles. The van der Waals surface area contributed by atoms with E-state index in [1.54, 1.807) is 13.2 Å². The zero-order valence-electron chi connectivity index (χ0n) is 11.7. The van der Waals surface area contributed by atoms with E-state index in [1.165, 1.54) is 32.1 Å². The molecule has 4 nitrogen and oxygen atoms in total. The molecule has 0 bridgehead atoms. The fourth-order valence-electron chi connectivity index (χ4n) is 2.57. The molecule has 1 N–H and O–H groups in total. The number of halogens is 1. The molecule has 1 aromatic rings. The van der Waals surface area contributed by atoms with E-state index in [-0.39, 0.29) is 0 Å². The first-order valence-electron chi connectivity index (χ1n) is 6.96. The van der Waals surface area contributed by atoms with Crippen LogP contribution in [0, 0.1) is 5.92 Å². The van der Waals surface area contributed by atoms with Crippen LogP contribution in [-0.4, -0.2) is 23.1 Å². The summed E-state index contributed by atoms with van der Waals surface area (Å²) in [4.78, 5) is 8.57. The van der Waals surface area contributed by atoms with Crippen LogP contribution in [0.5, 0.6) is 0 Å². The minimum absolute atomic E-state index is 0.386. The minimum atomic E-state index is 0.386. The maximum absolute atomic E-state index is 6.01. The molecule has 2 rings (SSSR count). The second kappa shape index (κ2) is 7.06. The zero-order valence-corrected chi connectivity index (χ0v) is 12.4. The van der Waals surface area contributed by atoms with Crippen molar-refractivity contribution >= 4 is 17.4 Å². The molecule has 19 heavy (non-hydrogen) atoms. The number of ether oxygens (including phenoxy) is 1. The van der Waals surface area contributed by atoms with Crippen LogP contribution in [0.25, 0.3) is 0 Å². The van der Waals surface area contributed by atoms with Crippen LogP contribution >= 0.6 is 11.6 Å². The molecule has 0 spiro atoms. The second-order valence-electron chi connectivity index (χ2n) is 5.38. The highest BCUT2D eigenvalue weighted by Crippen LogP contribution is 2.25. The maximum atomic E-state index is 6.01. The minimum Gasteiger partial charge on any atom is -0.377 e. The van der Waals surface area contributed by atoms with Crippen LogP contribution in [0.1, 0.15) is 44.9 Å². The first-order chi connectivity index (χ1) is 9.17. The SMILES string of the molecule is COCc1nc(Cl)cc(NC2CCCC(C)CC2)n1. The Morgan fingerprint density at radius 3 is 2.95 bits per heavy atom. The highest BCUT2D eigenvalue weighted by atomic mass is 35.5. The smallest absolute Gasteiger partial charge is 0.158 e. The number of aromatic nitrogens is 2. The Labute approximate surface area is 119 Å². The van der Waals surface area contributed by atoms with Gasteiger partial charge in [-0.2, -0.15) is 0 Å². The summed E-state index contributed by atoms with van der Waals surface area (Å²) >= 11 is 6.01. The highest BCUT2D eigenvalue weighted by molar-refractivity contribution is 6.29. The van der Waals surface area contributed by atoms with E-state index in [0.29, 0.717) is 23.6 Å². The third-order valence-electron chi connectivity index (χ3n) is 3.62. The second-order valence-corrected chi connectivity index (χ2v) is 5.77. The molecule has 2 unspecified atom stereocenters. The lowest BCUT2D eigenvalue weighted by Crippen LogP contribution is -2.19. The molecule has 0 radical (unpaired) electrons. The van der Waals surface area contributed by atoms with Gasteiger partial charge in [-0.25, -0.2) is 9.97 Å². The molecular weight excluding hydrogens is 262 g/mol. The molecule has 1 aromatic heterocycles. The van der Waals surface area contributed by atoms with E-state index in [2.05, 4.69) is 22.2 Å². The lowest BCUT2D eigenvalue weighted by atomic mass is 10.0. The lowest BCUT2D eigenvalue weighted by Gasteiger charge is -2.17. The van der Waals surface area contributed by atoms with Crippen molar-refractivity contribution < 1.29 is 4.74 Å². The number of hydrogen-bond acceptors (Lipinski definition) is 4. The average molecular weight is 284 g/mol. The molecule has 106 valence electrons. The van der Waals surface area contributed by atoms with E-state index < -0.39 is 0 Å². The largest absolute Gasteiger partial charge is 0.377 e. The first kappa shape index (κ1) is 14.5. The van der Waals surface area contributed by atoms with Crippen LogP contribution < -0.4 is 5.32 Å². The normalized spacial score (nSPS) is 23.9. The number of nitrogens with zero attached hydrogens (tertiary/aromatic N) is 2. The summed E-state index contributed by atoms with van der Waals surface area (Å²) in [6.45, 7) is 2.72. The van der Waals surface area contributed by atoms with Crippen molar-refractivity contribution in [3.05, 3.63) is 17.0 Å². The van der Waals surface area contributed by atoms with E-state index in [0.717, 1.165) is 11.7 Å². The van der Waals surface area contributed by atoms with Gasteiger partial charge in [0.15, 0.2) is 5.82 Å². The van der Waals surface area contributed by atoms with Gasteiger partial charge in [0, 0.05) is 19.2 Å². The van der Waals surface area contributed by atoms with Crippen molar-refractivity contribution in [2.75, 3.05) is 12.4 Å². The first-order valence-corrected chi connectivity index (χ1v) is 7.34. The van der Waals surface area contributed by atoms with Crippen LogP contribution in [-0.2, 0) is 11.3 Å². The summed E-state index contributed by atoms with van der Waals surface area (Å²) in [5, 5.41) is 3.95. The number of anilines is 1. The van der Waals surface area contributed by atoms with Crippen molar-refractivity contribution in [1.29, 1.82) is 0 Å². The lowest BCUT2D eigenvalue weighted by molar-refractivity contribution is 0.178. The fraction of sp³-hybridized carbons (Fsp3) is 0.714. The van der Waals surface area contributed by atoms with Crippen molar-refractivity contribution in [2.24, 2.45) is 5.92 Å². The van der Waals surface area contributed by atoms with Crippen molar-refractivity contribution in [3.8, 4) is 0 Å². The molecule has 0 aromatic carbocycles. The molecule has 5 heteroatoms. The molecular formula is C14H22ClN3O. The zero-order chi connectivity index (χ0) is 13.7. The molecule has 1 aliphatic carbocycles. The highest BCUT2D eigenvalue weighted by Gasteiger charge is 2.16. The van der Waals surface area contributed by atoms with Gasteiger partial charge >= 0.3 is 0 Å². The van der Waals surface area contributed by atoms with Crippen molar-refractivity contribution in [3.63, 3.8) is 0 Å². The molecule has 1 heterocycles. The van der Waals surface area contributed by atoms with Gasteiger partial charge in [0.25, 0.3) is 0 Å². The third-order valence-corrected chi connectivity index (χ3v) is 3.82. The van der Waals surface area contributed by atoms with Crippen LogP contribution in [0.2, 0.25) is 5.15 Å². The van der Waals surface area contributed by atoms with Gasteiger partial charge < -0.3 is 10.1 Å².